The van der Waals surface area contributed by atoms with Crippen LogP contribution in [0.15, 0.2) is 71.7 Å². The van der Waals surface area contributed by atoms with Crippen molar-refractivity contribution in [1.82, 2.24) is 5.32 Å². The summed E-state index contributed by atoms with van der Waals surface area (Å²) in [6.07, 6.45) is -0.784. The van der Waals surface area contributed by atoms with Gasteiger partial charge in [0.05, 0.1) is 11.4 Å². The molecule has 3 amide bonds. The molecule has 36 heavy (non-hydrogen) atoms. The van der Waals surface area contributed by atoms with E-state index < -0.39 is 18.0 Å². The van der Waals surface area contributed by atoms with E-state index in [1.54, 1.807) is 56.4 Å². The van der Waals surface area contributed by atoms with Gasteiger partial charge in [0.15, 0.2) is 0 Å². The van der Waals surface area contributed by atoms with Crippen LogP contribution < -0.4 is 16.0 Å². The summed E-state index contributed by atoms with van der Waals surface area (Å²) in [4.78, 5) is 44.1. The molecule has 0 spiro atoms. The van der Waals surface area contributed by atoms with Gasteiger partial charge < -0.3 is 16.0 Å². The number of primary amides is 1. The highest BCUT2D eigenvalue weighted by Crippen LogP contribution is 2.28. The van der Waals surface area contributed by atoms with Crippen LogP contribution in [-0.2, 0) is 16.0 Å². The van der Waals surface area contributed by atoms with E-state index in [0.717, 1.165) is 11.1 Å². The van der Waals surface area contributed by atoms with Crippen molar-refractivity contribution in [3.63, 3.8) is 0 Å². The molecule has 3 aromatic carbocycles. The number of halogens is 2. The number of rotatable bonds is 6. The summed E-state index contributed by atoms with van der Waals surface area (Å²) in [7, 11) is 1.64. The monoisotopic (exact) mass is 522 g/mol. The average molecular weight is 523 g/mol. The number of carbonyl (C=O) groups is 3. The van der Waals surface area contributed by atoms with E-state index in [1.165, 1.54) is 4.90 Å². The molecular formula is C27H24Cl2N4O3. The van der Waals surface area contributed by atoms with Gasteiger partial charge in [0.1, 0.15) is 0 Å². The lowest BCUT2D eigenvalue weighted by molar-refractivity contribution is -0.129. The van der Waals surface area contributed by atoms with Crippen molar-refractivity contribution >= 4 is 52.3 Å². The SMILES string of the molecule is C[C@H](Cc1ccc(Cl)cc1Cl)C(=O)N[C@H]1N=C(c2ccc(C(N)=O)cc2)c2ccccc2N(C)C1=O. The molecule has 3 aromatic rings. The Labute approximate surface area is 218 Å². The highest BCUT2D eigenvalue weighted by molar-refractivity contribution is 6.35. The van der Waals surface area contributed by atoms with Gasteiger partial charge in [0.2, 0.25) is 18.0 Å². The van der Waals surface area contributed by atoms with Gasteiger partial charge in [-0.1, -0.05) is 66.5 Å². The zero-order chi connectivity index (χ0) is 26.0. The van der Waals surface area contributed by atoms with Gasteiger partial charge in [-0.05, 0) is 42.3 Å². The number of likely N-dealkylation sites (N-methyl/N-ethyl adjacent to an activating group) is 1. The van der Waals surface area contributed by atoms with Crippen LogP contribution in [0.2, 0.25) is 10.0 Å². The Bertz CT molecular complexity index is 1370. The largest absolute Gasteiger partial charge is 0.366 e. The highest BCUT2D eigenvalue weighted by Gasteiger charge is 2.32. The Morgan fingerprint density at radius 1 is 1.08 bits per heavy atom. The number of benzene rings is 3. The highest BCUT2D eigenvalue weighted by atomic mass is 35.5. The normalized spacial score (nSPS) is 16.0. The fourth-order valence-corrected chi connectivity index (χ4v) is 4.51. The molecule has 4 rings (SSSR count). The summed E-state index contributed by atoms with van der Waals surface area (Å²) in [6.45, 7) is 1.76. The molecule has 2 atom stereocenters. The Balaban J connectivity index is 1.66. The average Bonchev–Trinajstić information content (AvgIpc) is 2.96. The Morgan fingerprint density at radius 2 is 1.78 bits per heavy atom. The van der Waals surface area contributed by atoms with Gasteiger partial charge in [0.25, 0.3) is 5.91 Å². The number of carbonyl (C=O) groups excluding carboxylic acids is 3. The molecule has 184 valence electrons. The van der Waals surface area contributed by atoms with E-state index in [1.807, 2.05) is 24.3 Å². The van der Waals surface area contributed by atoms with Crippen molar-refractivity contribution in [2.45, 2.75) is 19.5 Å². The lowest BCUT2D eigenvalue weighted by Gasteiger charge is -2.22. The topological polar surface area (TPSA) is 105 Å². The maximum Gasteiger partial charge on any atom is 0.272 e. The van der Waals surface area contributed by atoms with E-state index in [-0.39, 0.29) is 11.8 Å². The lowest BCUT2D eigenvalue weighted by Crippen LogP contribution is -2.47. The molecule has 0 aromatic heterocycles. The van der Waals surface area contributed by atoms with Crippen molar-refractivity contribution in [1.29, 1.82) is 0 Å². The number of para-hydroxylation sites is 1. The molecular weight excluding hydrogens is 499 g/mol. The fraction of sp³-hybridized carbons (Fsp3) is 0.185. The van der Waals surface area contributed by atoms with Crippen molar-refractivity contribution in [2.24, 2.45) is 16.6 Å². The third kappa shape index (κ3) is 5.27. The molecule has 3 N–H and O–H groups in total. The molecule has 0 bridgehead atoms. The van der Waals surface area contributed by atoms with Gasteiger partial charge in [-0.25, -0.2) is 4.99 Å². The number of amides is 3. The maximum absolute atomic E-state index is 13.3. The van der Waals surface area contributed by atoms with Gasteiger partial charge >= 0.3 is 0 Å². The predicted molar refractivity (Wildman–Crippen MR) is 142 cm³/mol. The van der Waals surface area contributed by atoms with E-state index in [4.69, 9.17) is 28.9 Å². The molecule has 1 heterocycles. The van der Waals surface area contributed by atoms with Gasteiger partial charge in [0, 0.05) is 39.7 Å². The number of fused-ring (bicyclic) bond motifs is 1. The van der Waals surface area contributed by atoms with Crippen LogP contribution in [0, 0.1) is 5.92 Å². The van der Waals surface area contributed by atoms with Crippen LogP contribution in [0.25, 0.3) is 0 Å². The molecule has 1 aliphatic rings. The molecule has 0 saturated carbocycles. The maximum atomic E-state index is 13.3. The molecule has 0 saturated heterocycles. The van der Waals surface area contributed by atoms with E-state index >= 15 is 0 Å². The molecule has 1 aliphatic heterocycles. The number of nitrogens with two attached hydrogens (primary N) is 1. The van der Waals surface area contributed by atoms with Gasteiger partial charge in [-0.3, -0.25) is 14.4 Å². The summed E-state index contributed by atoms with van der Waals surface area (Å²) in [5, 5.41) is 3.78. The minimum atomic E-state index is -1.15. The van der Waals surface area contributed by atoms with Crippen molar-refractivity contribution in [3.05, 3.63) is 99.0 Å². The summed E-state index contributed by atoms with van der Waals surface area (Å²) >= 11 is 12.2. The summed E-state index contributed by atoms with van der Waals surface area (Å²) < 4.78 is 0. The summed E-state index contributed by atoms with van der Waals surface area (Å²) in [5.41, 5.74) is 9.07. The molecule has 0 unspecified atom stereocenters. The van der Waals surface area contributed by atoms with Crippen LogP contribution in [0.4, 0.5) is 5.69 Å². The number of anilines is 1. The Hall–Kier alpha value is -3.68. The number of hydrogen-bond acceptors (Lipinski definition) is 4. The first kappa shape index (κ1) is 25.4. The van der Waals surface area contributed by atoms with Crippen LogP contribution in [0.3, 0.4) is 0 Å². The van der Waals surface area contributed by atoms with Crippen LogP contribution >= 0.6 is 23.2 Å². The zero-order valence-electron chi connectivity index (χ0n) is 19.7. The number of aliphatic imine (C=N–C) groups is 1. The first-order valence-electron chi connectivity index (χ1n) is 11.2. The minimum Gasteiger partial charge on any atom is -0.366 e. The molecule has 0 aliphatic carbocycles. The van der Waals surface area contributed by atoms with Crippen molar-refractivity contribution in [3.8, 4) is 0 Å². The van der Waals surface area contributed by atoms with Crippen molar-refractivity contribution in [2.75, 3.05) is 11.9 Å². The molecule has 0 radical (unpaired) electrons. The summed E-state index contributed by atoms with van der Waals surface area (Å²) in [5.74, 6) is -1.75. The quantitative estimate of drug-likeness (QED) is 0.505. The predicted octanol–water partition coefficient (Wildman–Crippen LogP) is 4.23. The van der Waals surface area contributed by atoms with Crippen LogP contribution in [0.1, 0.15) is 34.0 Å². The Kier molecular flexibility index (Phi) is 7.43. The number of hydrogen-bond donors (Lipinski definition) is 2. The smallest absolute Gasteiger partial charge is 0.272 e. The third-order valence-electron chi connectivity index (χ3n) is 6.05. The number of nitrogens with zero attached hydrogens (tertiary/aromatic N) is 2. The van der Waals surface area contributed by atoms with Gasteiger partial charge in [-0.2, -0.15) is 0 Å². The molecule has 0 fully saturated rings. The van der Waals surface area contributed by atoms with E-state index in [0.29, 0.717) is 39.0 Å². The van der Waals surface area contributed by atoms with Crippen molar-refractivity contribution < 1.29 is 14.4 Å². The fourth-order valence-electron chi connectivity index (χ4n) is 4.03. The molecule has 7 nitrogen and oxygen atoms in total. The summed E-state index contributed by atoms with van der Waals surface area (Å²) in [6, 6.07) is 19.1. The lowest BCUT2D eigenvalue weighted by atomic mass is 9.99. The standard InChI is InChI=1S/C27H24Cl2N4O3/c1-15(13-18-11-12-19(28)14-21(18)29)26(35)32-25-27(36)33(2)22-6-4-3-5-20(22)23(31-25)16-7-9-17(10-8-16)24(30)34/h3-12,14-15,25H,13H2,1-2H3,(H2,30,34)(H,32,35)/t15-,25-/m1/s1. The first-order valence-corrected chi connectivity index (χ1v) is 12.0. The molecule has 9 heteroatoms. The van der Waals surface area contributed by atoms with Crippen LogP contribution in [0.5, 0.6) is 0 Å². The first-order chi connectivity index (χ1) is 17.2. The number of nitrogens with one attached hydrogen (secondary N) is 1. The van der Waals surface area contributed by atoms with Crippen LogP contribution in [-0.4, -0.2) is 36.6 Å². The zero-order valence-corrected chi connectivity index (χ0v) is 21.2. The minimum absolute atomic E-state index is 0.342. The second-order valence-electron chi connectivity index (χ2n) is 8.59. The Morgan fingerprint density at radius 3 is 2.44 bits per heavy atom. The number of benzodiazepines with no additional fused rings is 1. The van der Waals surface area contributed by atoms with Gasteiger partial charge in [-0.15, -0.1) is 0 Å². The van der Waals surface area contributed by atoms with E-state index in [9.17, 15) is 14.4 Å². The third-order valence-corrected chi connectivity index (χ3v) is 6.64. The van der Waals surface area contributed by atoms with E-state index in [2.05, 4.69) is 10.3 Å². The second kappa shape index (κ2) is 10.5. The second-order valence-corrected chi connectivity index (χ2v) is 9.43.